The third-order valence-corrected chi connectivity index (χ3v) is 2.42. The van der Waals surface area contributed by atoms with Crippen molar-refractivity contribution in [2.75, 3.05) is 6.61 Å². The zero-order chi connectivity index (χ0) is 14.1. The summed E-state index contributed by atoms with van der Waals surface area (Å²) in [6.45, 7) is 3.67. The largest absolute Gasteiger partial charge is 0.481 e. The predicted octanol–water partition coefficient (Wildman–Crippen LogP) is 4.16. The molecule has 0 saturated heterocycles. The molecule has 0 unspecified atom stereocenters. The number of carbonyl (C=O) groups is 1. The van der Waals surface area contributed by atoms with Crippen LogP contribution in [-0.4, -0.2) is 22.8 Å². The van der Waals surface area contributed by atoms with E-state index in [2.05, 4.69) is 19.1 Å². The van der Waals surface area contributed by atoms with Crippen LogP contribution in [0.5, 0.6) is 0 Å². The maximum atomic E-state index is 9.00. The fraction of sp³-hybridized carbons (Fsp3) is 0.800. The molecule has 108 valence electrons. The molecule has 0 aliphatic rings. The average Bonchev–Trinajstić information content (AvgIpc) is 2.31. The van der Waals surface area contributed by atoms with E-state index in [0.29, 0.717) is 6.61 Å². The van der Waals surface area contributed by atoms with Crippen LogP contribution in [0.15, 0.2) is 12.2 Å². The molecule has 2 N–H and O–H groups in total. The Bertz CT molecular complexity index is 184. The lowest BCUT2D eigenvalue weighted by Crippen LogP contribution is -1.83. The molecule has 0 bridgehead atoms. The Hall–Kier alpha value is -0.830. The molecular formula is C15H30O3. The molecule has 3 heteroatoms. The number of aliphatic hydroxyl groups excluding tert-OH is 1. The molecule has 0 aliphatic carbocycles. The fourth-order valence-corrected chi connectivity index (χ4v) is 1.46. The van der Waals surface area contributed by atoms with Gasteiger partial charge in [-0.15, -0.1) is 0 Å². The Kier molecular flexibility index (Phi) is 20.1. The SMILES string of the molecule is CC(=O)O.CCCC/C=C/CCCCCCCO. The van der Waals surface area contributed by atoms with Gasteiger partial charge >= 0.3 is 0 Å². The summed E-state index contributed by atoms with van der Waals surface area (Å²) >= 11 is 0. The second-order valence-electron chi connectivity index (χ2n) is 4.41. The van der Waals surface area contributed by atoms with Crippen LogP contribution in [-0.2, 0) is 4.79 Å². The van der Waals surface area contributed by atoms with E-state index in [4.69, 9.17) is 15.0 Å². The number of allylic oxidation sites excluding steroid dienone is 2. The minimum atomic E-state index is -0.833. The molecule has 0 rings (SSSR count). The van der Waals surface area contributed by atoms with Gasteiger partial charge in [-0.05, 0) is 25.7 Å². The standard InChI is InChI=1S/C13H26O.C2H4O2/c1-2-3-4-5-6-7-8-9-10-11-12-13-14;1-2(3)4/h5-6,14H,2-4,7-13H2,1H3;1H3,(H,3,4)/b6-5+;. The highest BCUT2D eigenvalue weighted by Gasteiger charge is 1.88. The van der Waals surface area contributed by atoms with E-state index < -0.39 is 5.97 Å². The quantitative estimate of drug-likeness (QED) is 0.457. The first-order valence-electron chi connectivity index (χ1n) is 7.10. The third-order valence-electron chi connectivity index (χ3n) is 2.42. The third kappa shape index (κ3) is 29.4. The smallest absolute Gasteiger partial charge is 0.300 e. The van der Waals surface area contributed by atoms with E-state index in [0.717, 1.165) is 13.3 Å². The predicted molar refractivity (Wildman–Crippen MR) is 76.8 cm³/mol. The number of hydrogen-bond donors (Lipinski definition) is 2. The summed E-state index contributed by atoms with van der Waals surface area (Å²) in [5, 5.41) is 16.0. The number of rotatable bonds is 10. The minimum Gasteiger partial charge on any atom is -0.481 e. The summed E-state index contributed by atoms with van der Waals surface area (Å²) in [6, 6.07) is 0. The van der Waals surface area contributed by atoms with Crippen molar-refractivity contribution in [1.82, 2.24) is 0 Å². The van der Waals surface area contributed by atoms with Crippen molar-refractivity contribution < 1.29 is 15.0 Å². The second-order valence-corrected chi connectivity index (χ2v) is 4.41. The monoisotopic (exact) mass is 258 g/mol. The van der Waals surface area contributed by atoms with Crippen LogP contribution >= 0.6 is 0 Å². The number of aliphatic carboxylic acids is 1. The van der Waals surface area contributed by atoms with Crippen LogP contribution in [0.3, 0.4) is 0 Å². The lowest BCUT2D eigenvalue weighted by atomic mass is 10.1. The minimum absolute atomic E-state index is 0.358. The summed E-state index contributed by atoms with van der Waals surface area (Å²) in [5.41, 5.74) is 0. The van der Waals surface area contributed by atoms with Crippen LogP contribution in [0.1, 0.15) is 71.6 Å². The van der Waals surface area contributed by atoms with Gasteiger partial charge in [-0.3, -0.25) is 4.79 Å². The number of aliphatic hydroxyl groups is 1. The van der Waals surface area contributed by atoms with E-state index in [-0.39, 0.29) is 0 Å². The molecule has 0 radical (unpaired) electrons. The van der Waals surface area contributed by atoms with E-state index in [1.165, 1.54) is 51.4 Å². The number of unbranched alkanes of at least 4 members (excludes halogenated alkanes) is 7. The van der Waals surface area contributed by atoms with Gasteiger partial charge in [-0.25, -0.2) is 0 Å². The Morgan fingerprint density at radius 1 is 0.944 bits per heavy atom. The first-order chi connectivity index (χ1) is 8.65. The van der Waals surface area contributed by atoms with Crippen molar-refractivity contribution >= 4 is 5.97 Å². The van der Waals surface area contributed by atoms with Gasteiger partial charge in [0.1, 0.15) is 0 Å². The molecule has 0 aliphatic heterocycles. The van der Waals surface area contributed by atoms with Crippen LogP contribution in [0.4, 0.5) is 0 Å². The van der Waals surface area contributed by atoms with Gasteiger partial charge in [-0.2, -0.15) is 0 Å². The first-order valence-corrected chi connectivity index (χ1v) is 7.10. The van der Waals surface area contributed by atoms with Gasteiger partial charge < -0.3 is 10.2 Å². The lowest BCUT2D eigenvalue weighted by molar-refractivity contribution is -0.134. The van der Waals surface area contributed by atoms with Gasteiger partial charge in [-0.1, -0.05) is 51.2 Å². The number of carboxylic acid groups (broad SMARTS) is 1. The topological polar surface area (TPSA) is 57.5 Å². The van der Waals surface area contributed by atoms with Crippen molar-refractivity contribution in [2.45, 2.75) is 71.6 Å². The molecule has 0 aromatic carbocycles. The number of hydrogen-bond acceptors (Lipinski definition) is 2. The first kappa shape index (κ1) is 19.5. The second kappa shape index (κ2) is 18.5. The Labute approximate surface area is 112 Å². The zero-order valence-corrected chi connectivity index (χ0v) is 12.0. The van der Waals surface area contributed by atoms with Crippen LogP contribution in [0.25, 0.3) is 0 Å². The summed E-state index contributed by atoms with van der Waals surface area (Å²) in [6.07, 6.45) is 15.8. The lowest BCUT2D eigenvalue weighted by Gasteiger charge is -1.97. The Morgan fingerprint density at radius 2 is 1.39 bits per heavy atom. The van der Waals surface area contributed by atoms with E-state index >= 15 is 0 Å². The van der Waals surface area contributed by atoms with Crippen molar-refractivity contribution in [2.24, 2.45) is 0 Å². The highest BCUT2D eigenvalue weighted by molar-refractivity contribution is 5.62. The molecule has 0 amide bonds. The molecular weight excluding hydrogens is 228 g/mol. The molecule has 0 atom stereocenters. The maximum absolute atomic E-state index is 9.00. The molecule has 0 heterocycles. The normalized spacial score (nSPS) is 10.2. The van der Waals surface area contributed by atoms with Gasteiger partial charge in [0.25, 0.3) is 5.97 Å². The average molecular weight is 258 g/mol. The summed E-state index contributed by atoms with van der Waals surface area (Å²) in [7, 11) is 0. The molecule has 3 nitrogen and oxygen atoms in total. The van der Waals surface area contributed by atoms with Crippen LogP contribution in [0.2, 0.25) is 0 Å². The molecule has 0 spiro atoms. The van der Waals surface area contributed by atoms with E-state index in [1.54, 1.807) is 0 Å². The number of carboxylic acids is 1. The summed E-state index contributed by atoms with van der Waals surface area (Å²) < 4.78 is 0. The van der Waals surface area contributed by atoms with Gasteiger partial charge in [0.15, 0.2) is 0 Å². The molecule has 0 saturated carbocycles. The molecule has 0 aromatic rings. The van der Waals surface area contributed by atoms with Gasteiger partial charge in [0.2, 0.25) is 0 Å². The van der Waals surface area contributed by atoms with Gasteiger partial charge in [0, 0.05) is 13.5 Å². The highest BCUT2D eigenvalue weighted by Crippen LogP contribution is 2.06. The van der Waals surface area contributed by atoms with Crippen molar-refractivity contribution in [3.63, 3.8) is 0 Å². The van der Waals surface area contributed by atoms with E-state index in [9.17, 15) is 0 Å². The van der Waals surface area contributed by atoms with Crippen LogP contribution < -0.4 is 0 Å². The molecule has 0 fully saturated rings. The van der Waals surface area contributed by atoms with Crippen molar-refractivity contribution in [3.8, 4) is 0 Å². The Balaban J connectivity index is 0. The fourth-order valence-electron chi connectivity index (χ4n) is 1.46. The molecule has 18 heavy (non-hydrogen) atoms. The maximum Gasteiger partial charge on any atom is 0.300 e. The van der Waals surface area contributed by atoms with Crippen molar-refractivity contribution in [3.05, 3.63) is 12.2 Å². The Morgan fingerprint density at radius 3 is 1.89 bits per heavy atom. The highest BCUT2D eigenvalue weighted by atomic mass is 16.4. The summed E-state index contributed by atoms with van der Waals surface area (Å²) in [4.78, 5) is 9.00. The van der Waals surface area contributed by atoms with Crippen LogP contribution in [0, 0.1) is 0 Å². The summed E-state index contributed by atoms with van der Waals surface area (Å²) in [5.74, 6) is -0.833. The van der Waals surface area contributed by atoms with Gasteiger partial charge in [0.05, 0.1) is 0 Å². The molecule has 0 aromatic heterocycles. The van der Waals surface area contributed by atoms with Crippen molar-refractivity contribution in [1.29, 1.82) is 0 Å². The zero-order valence-electron chi connectivity index (χ0n) is 12.0. The van der Waals surface area contributed by atoms with E-state index in [1.807, 2.05) is 0 Å².